The second-order valence-electron chi connectivity index (χ2n) is 14.0. The highest BCUT2D eigenvalue weighted by Gasteiger charge is 2.23. The Morgan fingerprint density at radius 3 is 2.30 bits per heavy atom. The Bertz CT molecular complexity index is 2020. The number of H-pyrrole nitrogens is 2. The van der Waals surface area contributed by atoms with Crippen LogP contribution < -0.4 is 20.7 Å². The summed E-state index contributed by atoms with van der Waals surface area (Å²) in [4.78, 5) is 56.3. The summed E-state index contributed by atoms with van der Waals surface area (Å²) in [6.07, 6.45) is 6.43. The number of Topliss-reactive ketones (excluding diaryl/α,β-unsaturated/α-hetero) is 1. The van der Waals surface area contributed by atoms with Crippen molar-refractivity contribution in [1.82, 2.24) is 25.9 Å². The molecule has 0 aliphatic rings. The van der Waals surface area contributed by atoms with Crippen molar-refractivity contribution in [1.29, 1.82) is 0 Å². The number of hydrogen-bond donors (Lipinski definition) is 6. The smallest absolute Gasteiger partial charge is 0.404 e. The molecule has 0 saturated carbocycles. The number of hydrogen-bond acceptors (Lipinski definition) is 5. The number of benzene rings is 3. The van der Waals surface area contributed by atoms with Crippen LogP contribution in [0.2, 0.25) is 0 Å². The fraction of sp³-hybridized carbons (Fsp3) is 0.395. The van der Waals surface area contributed by atoms with Crippen molar-refractivity contribution < 1.29 is 29.0 Å². The zero-order chi connectivity index (χ0) is 38.3. The molecule has 0 radical (unpaired) electrons. The van der Waals surface area contributed by atoms with Crippen LogP contribution in [0.4, 0.5) is 4.79 Å². The van der Waals surface area contributed by atoms with Gasteiger partial charge in [0.15, 0.2) is 0 Å². The van der Waals surface area contributed by atoms with E-state index in [4.69, 9.17) is 9.84 Å². The van der Waals surface area contributed by atoms with Crippen LogP contribution in [0.3, 0.4) is 0 Å². The Morgan fingerprint density at radius 1 is 0.759 bits per heavy atom. The molecule has 2 heterocycles. The van der Waals surface area contributed by atoms with Gasteiger partial charge >= 0.3 is 6.09 Å². The van der Waals surface area contributed by atoms with Crippen LogP contribution in [0.1, 0.15) is 81.5 Å². The first-order valence-electron chi connectivity index (χ1n) is 19.1. The maximum atomic E-state index is 13.7. The van der Waals surface area contributed by atoms with Gasteiger partial charge in [0.1, 0.15) is 17.6 Å². The predicted octanol–water partition coefficient (Wildman–Crippen LogP) is 7.76. The molecule has 0 aliphatic heterocycles. The molecule has 5 aromatic rings. The average molecular weight is 736 g/mol. The van der Waals surface area contributed by atoms with E-state index in [9.17, 15) is 19.2 Å². The lowest BCUT2D eigenvalue weighted by molar-refractivity contribution is -0.128. The van der Waals surface area contributed by atoms with Crippen molar-refractivity contribution in [2.24, 2.45) is 0 Å². The minimum absolute atomic E-state index is 0.101. The molecule has 2 aromatic heterocycles. The van der Waals surface area contributed by atoms with Crippen LogP contribution in [-0.2, 0) is 27.2 Å². The number of amides is 3. The van der Waals surface area contributed by atoms with E-state index >= 15 is 0 Å². The molecule has 0 saturated heterocycles. The second kappa shape index (κ2) is 20.0. The number of aromatic amines is 2. The standard InChI is InChI=1S/C43H53N5O6/c1-29(49)15-7-5-10-20-39(42(51)44-25-23-34-33-18-11-12-19-37(33)48-41(34)31-16-8-6-9-17-31)47-40(50)28-35-30(2)46-38-22-21-32(27-36(35)38)54-26-14-4-3-13-24-45-43(52)53/h6,8-9,11-12,16-19,21-22,27,39,45-46,48H,3-5,7,10,13-15,20,23-26,28H2,1-2H3,(H,44,51)(H,47,50)(H,52,53)/t39-/m0/s1. The Hall–Kier alpha value is -5.58. The highest BCUT2D eigenvalue weighted by atomic mass is 16.5. The van der Waals surface area contributed by atoms with E-state index in [2.05, 4.69) is 50.2 Å². The maximum Gasteiger partial charge on any atom is 0.404 e. The Kier molecular flexibility index (Phi) is 14.7. The quantitative estimate of drug-likeness (QED) is 0.0398. The molecular weight excluding hydrogens is 683 g/mol. The SMILES string of the molecule is CC(=O)CCCCC[C@H](NC(=O)Cc1c(C)[nH]c2ccc(OCCCCCCNC(=O)O)cc12)C(=O)NCCc1c(-c2ccccc2)[nH]c2ccccc12. The van der Waals surface area contributed by atoms with E-state index in [1.807, 2.05) is 55.5 Å². The largest absolute Gasteiger partial charge is 0.494 e. The number of aryl methyl sites for hydroxylation is 1. The van der Waals surface area contributed by atoms with Gasteiger partial charge in [-0.05, 0) is 86.9 Å². The molecule has 0 aliphatic carbocycles. The van der Waals surface area contributed by atoms with E-state index in [0.717, 1.165) is 88.4 Å². The summed E-state index contributed by atoms with van der Waals surface area (Å²) < 4.78 is 6.02. The number of carboxylic acid groups (broad SMARTS) is 1. The van der Waals surface area contributed by atoms with Crippen molar-refractivity contribution in [2.45, 2.75) is 90.5 Å². The van der Waals surface area contributed by atoms with Gasteiger partial charge in [0.2, 0.25) is 11.8 Å². The Labute approximate surface area is 316 Å². The summed E-state index contributed by atoms with van der Waals surface area (Å²) in [6, 6.07) is 23.4. The van der Waals surface area contributed by atoms with Crippen LogP contribution >= 0.6 is 0 Å². The van der Waals surface area contributed by atoms with E-state index in [-0.39, 0.29) is 24.0 Å². The lowest BCUT2D eigenvalue weighted by atomic mass is 10.0. The normalized spacial score (nSPS) is 11.7. The molecule has 3 amide bonds. The number of rotatable bonds is 22. The lowest BCUT2D eigenvalue weighted by Gasteiger charge is -2.19. The molecule has 0 fully saturated rings. The maximum absolute atomic E-state index is 13.7. The van der Waals surface area contributed by atoms with Crippen molar-refractivity contribution >= 4 is 45.5 Å². The molecule has 6 N–H and O–H groups in total. The molecule has 3 aromatic carbocycles. The fourth-order valence-electron chi connectivity index (χ4n) is 6.96. The monoisotopic (exact) mass is 735 g/mol. The second-order valence-corrected chi connectivity index (χ2v) is 14.0. The van der Waals surface area contributed by atoms with Gasteiger partial charge in [-0.25, -0.2) is 4.79 Å². The first-order valence-corrected chi connectivity index (χ1v) is 19.1. The molecular formula is C43H53N5O6. The topological polar surface area (TPSA) is 165 Å². The molecule has 5 rings (SSSR count). The third kappa shape index (κ3) is 11.5. The highest BCUT2D eigenvalue weighted by molar-refractivity contribution is 5.94. The summed E-state index contributed by atoms with van der Waals surface area (Å²) in [5, 5.41) is 19.2. The number of carbonyl (C=O) groups is 4. The average Bonchev–Trinajstić information content (AvgIpc) is 3.68. The van der Waals surface area contributed by atoms with Crippen LogP contribution in [0.25, 0.3) is 33.1 Å². The number of ether oxygens (including phenoxy) is 1. The molecule has 1 atom stereocenters. The molecule has 0 unspecified atom stereocenters. The van der Waals surface area contributed by atoms with Crippen LogP contribution in [-0.4, -0.2) is 64.5 Å². The van der Waals surface area contributed by atoms with E-state index in [1.54, 1.807) is 6.92 Å². The van der Waals surface area contributed by atoms with E-state index in [1.165, 1.54) is 0 Å². The Morgan fingerprint density at radius 2 is 1.50 bits per heavy atom. The molecule has 286 valence electrons. The molecule has 0 bridgehead atoms. The minimum atomic E-state index is -1.00. The van der Waals surface area contributed by atoms with Gasteiger partial charge in [-0.15, -0.1) is 0 Å². The summed E-state index contributed by atoms with van der Waals surface area (Å²) in [5.74, 6) is 0.398. The summed E-state index contributed by atoms with van der Waals surface area (Å²) in [6.45, 7) is 4.92. The van der Waals surface area contributed by atoms with Crippen molar-refractivity contribution in [3.63, 3.8) is 0 Å². The molecule has 11 heteroatoms. The fourth-order valence-corrected chi connectivity index (χ4v) is 6.96. The zero-order valence-electron chi connectivity index (χ0n) is 31.4. The summed E-state index contributed by atoms with van der Waals surface area (Å²) in [7, 11) is 0. The summed E-state index contributed by atoms with van der Waals surface area (Å²) in [5.41, 5.74) is 6.92. The lowest BCUT2D eigenvalue weighted by Crippen LogP contribution is -2.47. The minimum Gasteiger partial charge on any atom is -0.494 e. The van der Waals surface area contributed by atoms with E-state index < -0.39 is 12.1 Å². The van der Waals surface area contributed by atoms with Crippen molar-refractivity contribution in [3.8, 4) is 17.0 Å². The van der Waals surface area contributed by atoms with Crippen LogP contribution in [0, 0.1) is 6.92 Å². The van der Waals surface area contributed by atoms with Gasteiger partial charge in [0.25, 0.3) is 0 Å². The van der Waals surface area contributed by atoms with Crippen LogP contribution in [0.5, 0.6) is 5.75 Å². The summed E-state index contributed by atoms with van der Waals surface area (Å²) >= 11 is 0. The highest BCUT2D eigenvalue weighted by Crippen LogP contribution is 2.31. The molecule has 11 nitrogen and oxygen atoms in total. The van der Waals surface area contributed by atoms with E-state index in [0.29, 0.717) is 51.1 Å². The third-order valence-electron chi connectivity index (χ3n) is 9.77. The molecule has 0 spiro atoms. The van der Waals surface area contributed by atoms with Crippen LogP contribution in [0.15, 0.2) is 72.8 Å². The van der Waals surface area contributed by atoms with Crippen molar-refractivity contribution in [2.75, 3.05) is 19.7 Å². The van der Waals surface area contributed by atoms with Crippen molar-refractivity contribution in [3.05, 3.63) is 89.6 Å². The Balaban J connectivity index is 1.20. The number of carbonyl (C=O) groups excluding carboxylic acids is 3. The first kappa shape index (κ1) is 39.6. The van der Waals surface area contributed by atoms with Gasteiger partial charge in [-0.1, -0.05) is 74.2 Å². The number of fused-ring (bicyclic) bond motifs is 2. The molecule has 54 heavy (non-hydrogen) atoms. The third-order valence-corrected chi connectivity index (χ3v) is 9.77. The number of aromatic nitrogens is 2. The predicted molar refractivity (Wildman–Crippen MR) is 213 cm³/mol. The number of ketones is 1. The van der Waals surface area contributed by atoms with Gasteiger partial charge in [0, 0.05) is 52.7 Å². The van der Waals surface area contributed by atoms with Gasteiger partial charge in [-0.3, -0.25) is 9.59 Å². The number of nitrogens with one attached hydrogen (secondary N) is 5. The number of para-hydroxylation sites is 1. The zero-order valence-corrected chi connectivity index (χ0v) is 31.4. The van der Waals surface area contributed by atoms with Gasteiger partial charge in [0.05, 0.1) is 13.0 Å². The van der Waals surface area contributed by atoms with Gasteiger partial charge < -0.3 is 40.6 Å². The first-order chi connectivity index (χ1) is 26.2. The number of unbranched alkanes of at least 4 members (excludes halogenated alkanes) is 5. The van der Waals surface area contributed by atoms with Gasteiger partial charge in [-0.2, -0.15) is 0 Å².